The lowest BCUT2D eigenvalue weighted by Gasteiger charge is -2.21. The normalized spacial score (nSPS) is 13.1. The lowest BCUT2D eigenvalue weighted by atomic mass is 10.1. The highest BCUT2D eigenvalue weighted by Gasteiger charge is 2.24. The lowest BCUT2D eigenvalue weighted by molar-refractivity contribution is 0.0652. The topological polar surface area (TPSA) is 91.0 Å². The minimum atomic E-state index is -1.19. The Morgan fingerprint density at radius 2 is 2.15 bits per heavy atom. The van der Waals surface area contributed by atoms with Crippen LogP contribution in [0.25, 0.3) is 11.3 Å². The summed E-state index contributed by atoms with van der Waals surface area (Å²) in [5, 5.41) is 12.6. The number of methoxy groups -OCH3 is 1. The van der Waals surface area contributed by atoms with Crippen LogP contribution >= 0.6 is 0 Å². The minimum Gasteiger partial charge on any atom is -0.496 e. The van der Waals surface area contributed by atoms with Crippen molar-refractivity contribution in [1.82, 2.24) is 5.16 Å². The maximum atomic E-state index is 10.9. The van der Waals surface area contributed by atoms with Gasteiger partial charge >= 0.3 is 5.97 Å². The fourth-order valence-electron chi connectivity index (χ4n) is 2.00. The summed E-state index contributed by atoms with van der Waals surface area (Å²) >= 11 is 0. The van der Waals surface area contributed by atoms with E-state index in [1.807, 2.05) is 0 Å². The van der Waals surface area contributed by atoms with Gasteiger partial charge in [-0.3, -0.25) is 0 Å². The van der Waals surface area contributed by atoms with E-state index in [0.717, 1.165) is 0 Å². The van der Waals surface area contributed by atoms with Crippen molar-refractivity contribution < 1.29 is 28.6 Å². The largest absolute Gasteiger partial charge is 0.496 e. The van der Waals surface area contributed by atoms with Crippen molar-refractivity contribution in [1.29, 1.82) is 0 Å². The van der Waals surface area contributed by atoms with E-state index in [1.165, 1.54) is 13.2 Å². The van der Waals surface area contributed by atoms with Crippen molar-refractivity contribution in [3.8, 4) is 28.5 Å². The Kier molecular flexibility index (Phi) is 2.94. The molecule has 1 aromatic carbocycles. The molecule has 20 heavy (non-hydrogen) atoms. The molecule has 0 unspecified atom stereocenters. The number of benzene rings is 1. The molecular formula is C13H11NO6. The van der Waals surface area contributed by atoms with Crippen LogP contribution in [0, 0.1) is 0 Å². The maximum absolute atomic E-state index is 10.9. The first-order valence-electron chi connectivity index (χ1n) is 5.87. The predicted octanol–water partition coefficient (Wildman–Crippen LogP) is 1.82. The van der Waals surface area contributed by atoms with Gasteiger partial charge in [-0.2, -0.15) is 0 Å². The van der Waals surface area contributed by atoms with Crippen LogP contribution in [-0.4, -0.2) is 36.6 Å². The summed E-state index contributed by atoms with van der Waals surface area (Å²) < 4.78 is 21.1. The van der Waals surface area contributed by atoms with Crippen LogP contribution in [0.3, 0.4) is 0 Å². The van der Waals surface area contributed by atoms with Gasteiger partial charge in [0.05, 0.1) is 12.7 Å². The summed E-state index contributed by atoms with van der Waals surface area (Å²) in [4.78, 5) is 10.9. The molecule has 7 nitrogen and oxygen atoms in total. The number of hydrogen-bond donors (Lipinski definition) is 1. The zero-order valence-corrected chi connectivity index (χ0v) is 10.6. The van der Waals surface area contributed by atoms with Gasteiger partial charge in [0.25, 0.3) is 0 Å². The molecule has 7 heteroatoms. The Labute approximate surface area is 113 Å². The van der Waals surface area contributed by atoms with Gasteiger partial charge in [-0.25, -0.2) is 4.79 Å². The number of carboxylic acids is 1. The third-order valence-electron chi connectivity index (χ3n) is 2.87. The molecule has 0 spiro atoms. The van der Waals surface area contributed by atoms with Gasteiger partial charge in [-0.15, -0.1) is 0 Å². The molecule has 104 valence electrons. The monoisotopic (exact) mass is 277 g/mol. The molecule has 1 aliphatic heterocycles. The second kappa shape index (κ2) is 4.76. The first-order valence-corrected chi connectivity index (χ1v) is 5.87. The van der Waals surface area contributed by atoms with E-state index in [-0.39, 0.29) is 5.76 Å². The second-order valence-corrected chi connectivity index (χ2v) is 4.05. The molecule has 1 aromatic heterocycles. The van der Waals surface area contributed by atoms with Gasteiger partial charge in [0.2, 0.25) is 5.76 Å². The van der Waals surface area contributed by atoms with Gasteiger partial charge < -0.3 is 23.8 Å². The second-order valence-electron chi connectivity index (χ2n) is 4.05. The first-order chi connectivity index (χ1) is 9.70. The molecule has 0 fully saturated rings. The third kappa shape index (κ3) is 1.93. The summed E-state index contributed by atoms with van der Waals surface area (Å²) in [6.45, 7) is 0.856. The SMILES string of the molecule is COc1ccc2c(c1-c1cc(C(=O)O)on1)OCCO2. The summed E-state index contributed by atoms with van der Waals surface area (Å²) in [6, 6.07) is 4.76. The highest BCUT2D eigenvalue weighted by molar-refractivity contribution is 5.87. The molecule has 0 atom stereocenters. The molecule has 0 saturated heterocycles. The summed E-state index contributed by atoms with van der Waals surface area (Å²) in [5.41, 5.74) is 0.836. The van der Waals surface area contributed by atoms with Crippen molar-refractivity contribution >= 4 is 5.97 Å². The van der Waals surface area contributed by atoms with E-state index in [2.05, 4.69) is 5.16 Å². The van der Waals surface area contributed by atoms with Crippen LogP contribution in [0.5, 0.6) is 17.2 Å². The van der Waals surface area contributed by atoms with Crippen LogP contribution in [-0.2, 0) is 0 Å². The number of hydrogen-bond acceptors (Lipinski definition) is 6. The Morgan fingerprint density at radius 3 is 2.85 bits per heavy atom. The number of nitrogens with zero attached hydrogens (tertiary/aromatic N) is 1. The Balaban J connectivity index is 2.17. The van der Waals surface area contributed by atoms with E-state index in [9.17, 15) is 4.79 Å². The van der Waals surface area contributed by atoms with E-state index in [4.69, 9.17) is 23.8 Å². The van der Waals surface area contributed by atoms with Crippen molar-refractivity contribution in [2.24, 2.45) is 0 Å². The average molecular weight is 277 g/mol. The van der Waals surface area contributed by atoms with Gasteiger partial charge in [0.1, 0.15) is 24.7 Å². The fourth-order valence-corrected chi connectivity index (χ4v) is 2.00. The third-order valence-corrected chi connectivity index (χ3v) is 2.87. The van der Waals surface area contributed by atoms with Crippen molar-refractivity contribution in [3.63, 3.8) is 0 Å². The Hall–Kier alpha value is -2.70. The average Bonchev–Trinajstić information content (AvgIpc) is 2.95. The van der Waals surface area contributed by atoms with Crippen molar-refractivity contribution in [2.45, 2.75) is 0 Å². The highest BCUT2D eigenvalue weighted by Crippen LogP contribution is 2.45. The molecule has 0 aliphatic carbocycles. The highest BCUT2D eigenvalue weighted by atomic mass is 16.6. The molecule has 2 aromatic rings. The number of carbonyl (C=O) groups is 1. The van der Waals surface area contributed by atoms with E-state index >= 15 is 0 Å². The molecular weight excluding hydrogens is 266 g/mol. The van der Waals surface area contributed by atoms with Crippen LogP contribution in [0.15, 0.2) is 22.7 Å². The van der Waals surface area contributed by atoms with Crippen LogP contribution in [0.1, 0.15) is 10.6 Å². The van der Waals surface area contributed by atoms with Crippen molar-refractivity contribution in [2.75, 3.05) is 20.3 Å². The standard InChI is InChI=1S/C13H11NO6/c1-17-8-2-3-9-12(19-5-4-18-9)11(8)7-6-10(13(15)16)20-14-7/h2-3,6H,4-5H2,1H3,(H,15,16). The van der Waals surface area contributed by atoms with Crippen LogP contribution in [0.4, 0.5) is 0 Å². The Morgan fingerprint density at radius 1 is 1.35 bits per heavy atom. The number of ether oxygens (including phenoxy) is 3. The first kappa shape index (κ1) is 12.3. The zero-order valence-electron chi connectivity index (χ0n) is 10.6. The number of fused-ring (bicyclic) bond motifs is 1. The smallest absolute Gasteiger partial charge is 0.374 e. The number of carboxylic acid groups (broad SMARTS) is 1. The van der Waals surface area contributed by atoms with Gasteiger partial charge in [0, 0.05) is 6.07 Å². The van der Waals surface area contributed by atoms with Crippen LogP contribution < -0.4 is 14.2 Å². The molecule has 1 N–H and O–H groups in total. The van der Waals surface area contributed by atoms with Gasteiger partial charge in [-0.1, -0.05) is 5.16 Å². The van der Waals surface area contributed by atoms with Crippen molar-refractivity contribution in [3.05, 3.63) is 24.0 Å². The predicted molar refractivity (Wildman–Crippen MR) is 66.4 cm³/mol. The number of rotatable bonds is 3. The molecule has 2 heterocycles. The number of aromatic nitrogens is 1. The molecule has 3 rings (SSSR count). The summed E-state index contributed by atoms with van der Waals surface area (Å²) in [7, 11) is 1.51. The Bertz CT molecular complexity index is 663. The van der Waals surface area contributed by atoms with E-state index < -0.39 is 5.97 Å². The van der Waals surface area contributed by atoms with Gasteiger partial charge in [0.15, 0.2) is 11.5 Å². The minimum absolute atomic E-state index is 0.253. The van der Waals surface area contributed by atoms with Crippen LogP contribution in [0.2, 0.25) is 0 Å². The quantitative estimate of drug-likeness (QED) is 0.914. The summed E-state index contributed by atoms with van der Waals surface area (Å²) in [5.74, 6) is 0.0910. The lowest BCUT2D eigenvalue weighted by Crippen LogP contribution is -2.16. The zero-order chi connectivity index (χ0) is 14.1. The maximum Gasteiger partial charge on any atom is 0.374 e. The van der Waals surface area contributed by atoms with Gasteiger partial charge in [-0.05, 0) is 12.1 Å². The van der Waals surface area contributed by atoms with E-state index in [0.29, 0.717) is 41.7 Å². The fraction of sp³-hybridized carbons (Fsp3) is 0.231. The molecule has 0 bridgehead atoms. The molecule has 1 aliphatic rings. The number of aromatic carboxylic acids is 1. The molecule has 0 amide bonds. The summed E-state index contributed by atoms with van der Waals surface area (Å²) in [6.07, 6.45) is 0. The molecule has 0 radical (unpaired) electrons. The molecule has 0 saturated carbocycles. The van der Waals surface area contributed by atoms with E-state index in [1.54, 1.807) is 12.1 Å².